The fraction of sp³-hybridized carbons (Fsp3) is 0.545. The number of amides is 1. The van der Waals surface area contributed by atoms with Crippen LogP contribution in [0.4, 0.5) is 0 Å². The topological polar surface area (TPSA) is 105 Å². The van der Waals surface area contributed by atoms with Gasteiger partial charge in [0.05, 0.1) is 19.3 Å². The third-order valence-electron chi connectivity index (χ3n) is 2.36. The molecular weight excluding hydrogens is 304 g/mol. The minimum absolute atomic E-state index is 0.00278. The van der Waals surface area contributed by atoms with Crippen molar-refractivity contribution in [1.29, 1.82) is 0 Å². The Morgan fingerprint density at radius 2 is 2.30 bits per heavy atom. The maximum Gasteiger partial charge on any atom is 0.250 e. The number of hydrogen-bond acceptors (Lipinski definition) is 6. The normalized spacial score (nSPS) is 13.1. The smallest absolute Gasteiger partial charge is 0.250 e. The molecular formula is C11H18N2O5S2. The number of hydrogen-bond donors (Lipinski definition) is 3. The molecule has 1 unspecified atom stereocenters. The Morgan fingerprint density at radius 1 is 1.55 bits per heavy atom. The lowest BCUT2D eigenvalue weighted by atomic mass is 10.3. The van der Waals surface area contributed by atoms with E-state index in [1.807, 2.05) is 0 Å². The highest BCUT2D eigenvalue weighted by Gasteiger charge is 2.16. The molecule has 0 saturated heterocycles. The minimum Gasteiger partial charge on any atom is -0.394 e. The Labute approximate surface area is 122 Å². The van der Waals surface area contributed by atoms with E-state index in [0.29, 0.717) is 0 Å². The van der Waals surface area contributed by atoms with Gasteiger partial charge in [-0.05, 0) is 11.4 Å². The maximum absolute atomic E-state index is 11.8. The lowest BCUT2D eigenvalue weighted by molar-refractivity contribution is -0.122. The van der Waals surface area contributed by atoms with Crippen LogP contribution in [0.1, 0.15) is 6.42 Å². The first-order chi connectivity index (χ1) is 9.49. The number of carbonyl (C=O) groups excluding carboxylic acids is 1. The molecule has 7 nitrogen and oxygen atoms in total. The van der Waals surface area contributed by atoms with E-state index in [1.165, 1.54) is 13.2 Å². The van der Waals surface area contributed by atoms with Crippen LogP contribution >= 0.6 is 11.3 Å². The first-order valence-corrected chi connectivity index (χ1v) is 8.28. The summed E-state index contributed by atoms with van der Waals surface area (Å²) in [6, 6.07) is 2.65. The van der Waals surface area contributed by atoms with Crippen molar-refractivity contribution in [2.75, 3.05) is 26.9 Å². The van der Waals surface area contributed by atoms with E-state index in [2.05, 4.69) is 10.0 Å². The molecule has 0 saturated carbocycles. The number of sulfonamides is 1. The molecule has 1 heterocycles. The third-order valence-corrected chi connectivity index (χ3v) is 5.22. The molecule has 0 aliphatic rings. The zero-order valence-corrected chi connectivity index (χ0v) is 12.7. The number of nitrogens with one attached hydrogen (secondary N) is 2. The standard InChI is InChI=1S/C11H18N2O5S2/c1-18-8-9(7-14)13-10(15)4-5-12-20(16,17)11-3-2-6-19-11/h2-3,6,9,12,14H,4-5,7-8H2,1H3,(H,13,15). The molecule has 0 spiro atoms. The molecule has 3 N–H and O–H groups in total. The second-order valence-electron chi connectivity index (χ2n) is 3.98. The van der Waals surface area contributed by atoms with Crippen LogP contribution in [0, 0.1) is 0 Å². The van der Waals surface area contributed by atoms with Crippen molar-refractivity contribution >= 4 is 27.3 Å². The van der Waals surface area contributed by atoms with Crippen LogP contribution in [-0.2, 0) is 19.6 Å². The molecule has 9 heteroatoms. The average molecular weight is 322 g/mol. The molecule has 114 valence electrons. The number of carbonyl (C=O) groups is 1. The Hall–Kier alpha value is -1.00. The molecule has 0 aliphatic carbocycles. The second-order valence-corrected chi connectivity index (χ2v) is 6.92. The van der Waals surface area contributed by atoms with Crippen LogP contribution in [0.5, 0.6) is 0 Å². The van der Waals surface area contributed by atoms with Gasteiger partial charge in [0.25, 0.3) is 0 Å². The fourth-order valence-corrected chi connectivity index (χ4v) is 3.50. The SMILES string of the molecule is COCC(CO)NC(=O)CCNS(=O)(=O)c1cccs1. The van der Waals surface area contributed by atoms with E-state index < -0.39 is 16.1 Å². The highest BCUT2D eigenvalue weighted by atomic mass is 32.2. The number of ether oxygens (including phenoxy) is 1. The summed E-state index contributed by atoms with van der Waals surface area (Å²) in [6.45, 7) is -0.0408. The van der Waals surface area contributed by atoms with Crippen molar-refractivity contribution in [3.63, 3.8) is 0 Å². The lowest BCUT2D eigenvalue weighted by Crippen LogP contribution is -2.41. The molecule has 0 aromatic carbocycles. The highest BCUT2D eigenvalue weighted by Crippen LogP contribution is 2.14. The number of aliphatic hydroxyl groups excluding tert-OH is 1. The monoisotopic (exact) mass is 322 g/mol. The molecule has 1 aromatic rings. The van der Waals surface area contributed by atoms with Gasteiger partial charge < -0.3 is 15.2 Å². The Morgan fingerprint density at radius 3 is 2.85 bits per heavy atom. The van der Waals surface area contributed by atoms with Gasteiger partial charge in [-0.25, -0.2) is 13.1 Å². The molecule has 0 bridgehead atoms. The number of rotatable bonds is 9. The first kappa shape index (κ1) is 17.1. The van der Waals surface area contributed by atoms with E-state index in [-0.39, 0.29) is 36.3 Å². The summed E-state index contributed by atoms with van der Waals surface area (Å²) in [5.41, 5.74) is 0. The van der Waals surface area contributed by atoms with E-state index >= 15 is 0 Å². The van der Waals surface area contributed by atoms with Crippen molar-refractivity contribution in [2.45, 2.75) is 16.7 Å². The summed E-state index contributed by atoms with van der Waals surface area (Å²) in [7, 11) is -2.08. The number of methoxy groups -OCH3 is 1. The Balaban J connectivity index is 2.35. The van der Waals surface area contributed by atoms with Crippen LogP contribution in [0.25, 0.3) is 0 Å². The van der Waals surface area contributed by atoms with Gasteiger partial charge in [-0.1, -0.05) is 6.07 Å². The van der Waals surface area contributed by atoms with Gasteiger partial charge in [-0.2, -0.15) is 0 Å². The van der Waals surface area contributed by atoms with Gasteiger partial charge in [-0.3, -0.25) is 4.79 Å². The first-order valence-electron chi connectivity index (χ1n) is 5.92. The zero-order chi connectivity index (χ0) is 15.0. The van der Waals surface area contributed by atoms with Crippen molar-refractivity contribution < 1.29 is 23.1 Å². The van der Waals surface area contributed by atoms with Gasteiger partial charge in [0.15, 0.2) is 0 Å². The summed E-state index contributed by atoms with van der Waals surface area (Å²) in [6.07, 6.45) is -0.00911. The molecule has 20 heavy (non-hydrogen) atoms. The van der Waals surface area contributed by atoms with Crippen LogP contribution in [0.15, 0.2) is 21.7 Å². The van der Waals surface area contributed by atoms with Crippen molar-refractivity contribution in [3.05, 3.63) is 17.5 Å². The summed E-state index contributed by atoms with van der Waals surface area (Å²) in [4.78, 5) is 11.5. The van der Waals surface area contributed by atoms with Gasteiger partial charge in [0, 0.05) is 20.1 Å². The fourth-order valence-electron chi connectivity index (χ4n) is 1.43. The predicted molar refractivity (Wildman–Crippen MR) is 75.0 cm³/mol. The van der Waals surface area contributed by atoms with Gasteiger partial charge in [-0.15, -0.1) is 11.3 Å². The van der Waals surface area contributed by atoms with Crippen molar-refractivity contribution in [1.82, 2.24) is 10.0 Å². The zero-order valence-electron chi connectivity index (χ0n) is 11.0. The third kappa shape index (κ3) is 5.55. The summed E-state index contributed by atoms with van der Waals surface area (Å²) in [5, 5.41) is 13.2. The van der Waals surface area contributed by atoms with Gasteiger partial charge in [0.1, 0.15) is 4.21 Å². The lowest BCUT2D eigenvalue weighted by Gasteiger charge is -2.15. The van der Waals surface area contributed by atoms with Crippen LogP contribution in [-0.4, -0.2) is 52.3 Å². The van der Waals surface area contributed by atoms with Crippen molar-refractivity contribution in [3.8, 4) is 0 Å². The largest absolute Gasteiger partial charge is 0.394 e. The summed E-state index contributed by atoms with van der Waals surface area (Å²) < 4.78 is 30.9. The van der Waals surface area contributed by atoms with Crippen LogP contribution in [0.2, 0.25) is 0 Å². The molecule has 0 radical (unpaired) electrons. The maximum atomic E-state index is 11.8. The van der Waals surface area contributed by atoms with E-state index in [9.17, 15) is 13.2 Å². The Bertz CT molecular complexity index is 501. The molecule has 1 aromatic heterocycles. The average Bonchev–Trinajstić information content (AvgIpc) is 2.92. The molecule has 1 atom stereocenters. The number of aliphatic hydroxyl groups is 1. The second kappa shape index (κ2) is 8.32. The molecule has 1 rings (SSSR count). The minimum atomic E-state index is -3.54. The van der Waals surface area contributed by atoms with Gasteiger partial charge >= 0.3 is 0 Å². The number of thiophene rings is 1. The molecule has 1 amide bonds. The van der Waals surface area contributed by atoms with Crippen LogP contribution in [0.3, 0.4) is 0 Å². The van der Waals surface area contributed by atoms with E-state index in [1.54, 1.807) is 11.4 Å². The van der Waals surface area contributed by atoms with E-state index in [4.69, 9.17) is 9.84 Å². The van der Waals surface area contributed by atoms with Gasteiger partial charge in [0.2, 0.25) is 15.9 Å². The van der Waals surface area contributed by atoms with E-state index in [0.717, 1.165) is 11.3 Å². The highest BCUT2D eigenvalue weighted by molar-refractivity contribution is 7.91. The summed E-state index contributed by atoms with van der Waals surface area (Å²) >= 11 is 1.11. The Kier molecular flexibility index (Phi) is 7.10. The summed E-state index contributed by atoms with van der Waals surface area (Å²) in [5.74, 6) is -0.352. The predicted octanol–water partition coefficient (Wildman–Crippen LogP) is -0.460. The molecule has 0 fully saturated rings. The van der Waals surface area contributed by atoms with Crippen molar-refractivity contribution in [2.24, 2.45) is 0 Å². The molecule has 0 aliphatic heterocycles. The van der Waals surface area contributed by atoms with Crippen LogP contribution < -0.4 is 10.0 Å². The quantitative estimate of drug-likeness (QED) is 0.571.